The number of likely N-dealkylation sites (N-methyl/N-ethyl adjacent to an activating group) is 1. The molecule has 2 atom stereocenters. The molecule has 1 aliphatic heterocycles. The monoisotopic (exact) mass is 452 g/mol. The smallest absolute Gasteiger partial charge is 0.223 e. The molecule has 1 saturated carbocycles. The average molecular weight is 454 g/mol. The Balaban J connectivity index is 0.00000243. The van der Waals surface area contributed by atoms with Crippen molar-refractivity contribution in [1.29, 1.82) is 0 Å². The minimum atomic E-state index is 0. The molecule has 0 bridgehead atoms. The Labute approximate surface area is 188 Å². The van der Waals surface area contributed by atoms with Crippen LogP contribution in [0.2, 0.25) is 0 Å². The van der Waals surface area contributed by atoms with Gasteiger partial charge in [-0.2, -0.15) is 0 Å². The molecule has 1 aromatic rings. The summed E-state index contributed by atoms with van der Waals surface area (Å²) in [6.45, 7) is 9.50. The maximum absolute atomic E-state index is 12.4. The van der Waals surface area contributed by atoms with Gasteiger partial charge < -0.3 is 16.0 Å². The van der Waals surface area contributed by atoms with Gasteiger partial charge >= 0.3 is 0 Å². The van der Waals surface area contributed by atoms with Crippen LogP contribution in [0, 0.1) is 5.92 Å². The highest BCUT2D eigenvalue weighted by Gasteiger charge is 2.27. The van der Waals surface area contributed by atoms with E-state index in [0.717, 1.165) is 58.5 Å². The summed E-state index contributed by atoms with van der Waals surface area (Å²) in [6, 6.07) is 8.69. The number of piperazine rings is 1. The predicted molar refractivity (Wildman–Crippen MR) is 123 cm³/mol. The molecule has 8 heteroatoms. The van der Waals surface area contributed by atoms with Crippen LogP contribution in [-0.2, 0) is 17.9 Å². The van der Waals surface area contributed by atoms with Crippen molar-refractivity contribution in [1.82, 2.24) is 15.1 Å². The van der Waals surface area contributed by atoms with E-state index in [1.165, 1.54) is 11.1 Å². The van der Waals surface area contributed by atoms with E-state index in [4.69, 9.17) is 5.73 Å². The third-order valence-electron chi connectivity index (χ3n) is 5.72. The molecule has 2 unspecified atom stereocenters. The first-order chi connectivity index (χ1) is 12.2. The van der Waals surface area contributed by atoms with Crippen molar-refractivity contribution in [3.05, 3.63) is 35.4 Å². The van der Waals surface area contributed by atoms with E-state index >= 15 is 0 Å². The van der Waals surface area contributed by atoms with Gasteiger partial charge in [0.2, 0.25) is 5.91 Å². The standard InChI is InChI=1S/C20H32N4O.3ClH/c1-2-23-9-11-24(12-10-23)15-18-6-4-3-5-17(18)14-22-20(25)16-7-8-19(21)13-16;;;/h3-6,16,19H,2,7-15,21H2,1H3,(H,22,25);3*1H. The highest BCUT2D eigenvalue weighted by molar-refractivity contribution is 5.86. The molecule has 0 aromatic heterocycles. The highest BCUT2D eigenvalue weighted by Crippen LogP contribution is 2.24. The lowest BCUT2D eigenvalue weighted by molar-refractivity contribution is -0.125. The zero-order valence-electron chi connectivity index (χ0n) is 16.6. The molecule has 1 aromatic carbocycles. The minimum Gasteiger partial charge on any atom is -0.352 e. The fourth-order valence-corrected chi connectivity index (χ4v) is 3.97. The molecule has 2 aliphatic rings. The lowest BCUT2D eigenvalue weighted by atomic mass is 10.0. The highest BCUT2D eigenvalue weighted by atomic mass is 35.5. The Bertz CT molecular complexity index is 582. The van der Waals surface area contributed by atoms with Gasteiger partial charge in [0.15, 0.2) is 0 Å². The third kappa shape index (κ3) is 7.69. The van der Waals surface area contributed by atoms with E-state index < -0.39 is 0 Å². The summed E-state index contributed by atoms with van der Waals surface area (Å²) in [6.07, 6.45) is 2.73. The molecule has 28 heavy (non-hydrogen) atoms. The molecule has 162 valence electrons. The first-order valence-electron chi connectivity index (χ1n) is 9.70. The number of rotatable bonds is 6. The number of halogens is 3. The predicted octanol–water partition coefficient (Wildman–Crippen LogP) is 2.83. The molecular formula is C20H35Cl3N4O. The molecule has 3 N–H and O–H groups in total. The van der Waals surface area contributed by atoms with Gasteiger partial charge in [0, 0.05) is 51.2 Å². The van der Waals surface area contributed by atoms with Crippen LogP contribution < -0.4 is 11.1 Å². The summed E-state index contributed by atoms with van der Waals surface area (Å²) in [5.74, 6) is 0.267. The van der Waals surface area contributed by atoms with Crippen LogP contribution in [0.5, 0.6) is 0 Å². The van der Waals surface area contributed by atoms with Crippen LogP contribution in [-0.4, -0.2) is 54.5 Å². The normalized spacial score (nSPS) is 22.5. The topological polar surface area (TPSA) is 61.6 Å². The Morgan fingerprint density at radius 1 is 1.04 bits per heavy atom. The Kier molecular flexibility index (Phi) is 13.4. The molecular weight excluding hydrogens is 419 g/mol. The van der Waals surface area contributed by atoms with Crippen LogP contribution in [0.3, 0.4) is 0 Å². The molecule has 1 amide bonds. The SMILES string of the molecule is CCN1CCN(Cc2ccccc2CNC(=O)C2CCC(N)C2)CC1.Cl.Cl.Cl. The quantitative estimate of drug-likeness (QED) is 0.695. The Morgan fingerprint density at radius 2 is 1.64 bits per heavy atom. The first kappa shape index (κ1) is 27.4. The van der Waals surface area contributed by atoms with Crippen molar-refractivity contribution >= 4 is 43.1 Å². The molecule has 3 rings (SSSR count). The number of hydrogen-bond acceptors (Lipinski definition) is 4. The van der Waals surface area contributed by atoms with Crippen LogP contribution in [0.15, 0.2) is 24.3 Å². The summed E-state index contributed by atoms with van der Waals surface area (Å²) < 4.78 is 0. The summed E-state index contributed by atoms with van der Waals surface area (Å²) in [7, 11) is 0. The van der Waals surface area contributed by atoms with Gasteiger partial charge in [0.25, 0.3) is 0 Å². The van der Waals surface area contributed by atoms with Crippen LogP contribution >= 0.6 is 37.2 Å². The van der Waals surface area contributed by atoms with Crippen LogP contribution in [0.1, 0.15) is 37.3 Å². The number of hydrogen-bond donors (Lipinski definition) is 2. The van der Waals surface area contributed by atoms with Gasteiger partial charge in [0.05, 0.1) is 0 Å². The van der Waals surface area contributed by atoms with E-state index in [1.807, 2.05) is 0 Å². The lowest BCUT2D eigenvalue weighted by Crippen LogP contribution is -2.45. The largest absolute Gasteiger partial charge is 0.352 e. The lowest BCUT2D eigenvalue weighted by Gasteiger charge is -2.34. The van der Waals surface area contributed by atoms with E-state index in [-0.39, 0.29) is 55.1 Å². The molecule has 1 saturated heterocycles. The summed E-state index contributed by atoms with van der Waals surface area (Å²) in [5, 5.41) is 3.13. The number of benzene rings is 1. The van der Waals surface area contributed by atoms with E-state index in [9.17, 15) is 4.79 Å². The zero-order valence-corrected chi connectivity index (χ0v) is 19.1. The maximum atomic E-state index is 12.4. The number of nitrogens with one attached hydrogen (secondary N) is 1. The summed E-state index contributed by atoms with van der Waals surface area (Å²) >= 11 is 0. The number of carbonyl (C=O) groups is 1. The van der Waals surface area contributed by atoms with Gasteiger partial charge in [-0.15, -0.1) is 37.2 Å². The van der Waals surface area contributed by atoms with Crippen LogP contribution in [0.25, 0.3) is 0 Å². The summed E-state index contributed by atoms with van der Waals surface area (Å²) in [5.41, 5.74) is 8.49. The number of nitrogens with two attached hydrogens (primary N) is 1. The zero-order chi connectivity index (χ0) is 17.6. The van der Waals surface area contributed by atoms with Gasteiger partial charge in [-0.05, 0) is 36.9 Å². The van der Waals surface area contributed by atoms with Crippen molar-refractivity contribution in [2.45, 2.75) is 45.3 Å². The van der Waals surface area contributed by atoms with Crippen molar-refractivity contribution < 1.29 is 4.79 Å². The molecule has 5 nitrogen and oxygen atoms in total. The second-order valence-corrected chi connectivity index (χ2v) is 7.47. The van der Waals surface area contributed by atoms with Gasteiger partial charge in [-0.1, -0.05) is 31.2 Å². The van der Waals surface area contributed by atoms with Gasteiger partial charge in [0.1, 0.15) is 0 Å². The van der Waals surface area contributed by atoms with Crippen LogP contribution in [0.4, 0.5) is 0 Å². The fourth-order valence-electron chi connectivity index (χ4n) is 3.97. The number of amides is 1. The van der Waals surface area contributed by atoms with Crippen molar-refractivity contribution in [2.24, 2.45) is 11.7 Å². The molecule has 1 heterocycles. The van der Waals surface area contributed by atoms with Crippen molar-refractivity contribution in [2.75, 3.05) is 32.7 Å². The third-order valence-corrected chi connectivity index (χ3v) is 5.72. The second kappa shape index (κ2) is 13.6. The molecule has 2 fully saturated rings. The number of nitrogens with zero attached hydrogens (tertiary/aromatic N) is 2. The van der Waals surface area contributed by atoms with Gasteiger partial charge in [-0.25, -0.2) is 0 Å². The first-order valence-corrected chi connectivity index (χ1v) is 9.70. The average Bonchev–Trinajstić information content (AvgIpc) is 3.08. The maximum Gasteiger partial charge on any atom is 0.223 e. The van der Waals surface area contributed by atoms with E-state index in [0.29, 0.717) is 6.54 Å². The minimum absolute atomic E-state index is 0. The number of carbonyl (C=O) groups excluding carboxylic acids is 1. The summed E-state index contributed by atoms with van der Waals surface area (Å²) in [4.78, 5) is 17.4. The van der Waals surface area contributed by atoms with Crippen molar-refractivity contribution in [3.8, 4) is 0 Å². The van der Waals surface area contributed by atoms with Crippen molar-refractivity contribution in [3.63, 3.8) is 0 Å². The fraction of sp³-hybridized carbons (Fsp3) is 0.650. The van der Waals surface area contributed by atoms with E-state index in [1.54, 1.807) is 0 Å². The Hall–Kier alpha value is -0.560. The van der Waals surface area contributed by atoms with E-state index in [2.05, 4.69) is 46.3 Å². The second-order valence-electron chi connectivity index (χ2n) is 7.47. The Morgan fingerprint density at radius 3 is 2.21 bits per heavy atom. The molecule has 0 radical (unpaired) electrons. The molecule has 0 spiro atoms. The van der Waals surface area contributed by atoms with Gasteiger partial charge in [-0.3, -0.25) is 9.69 Å². The molecule has 1 aliphatic carbocycles.